The summed E-state index contributed by atoms with van der Waals surface area (Å²) in [4.78, 5) is 6.65. The summed E-state index contributed by atoms with van der Waals surface area (Å²) < 4.78 is 106. The lowest BCUT2D eigenvalue weighted by molar-refractivity contribution is -0.376. The number of hydrogen-bond acceptors (Lipinski definition) is 5. The molecule has 2 atom stereocenters. The van der Waals surface area contributed by atoms with Gasteiger partial charge in [0.05, 0.1) is 11.9 Å². The number of aryl methyl sites for hydroxylation is 2. The monoisotopic (exact) mass is 565 g/mol. The fourth-order valence-electron chi connectivity index (χ4n) is 5.56. The predicted octanol–water partition coefficient (Wildman–Crippen LogP) is 4.54. The molecule has 1 aromatic heterocycles. The van der Waals surface area contributed by atoms with Crippen LogP contribution in [-0.4, -0.2) is 71.5 Å². The molecule has 38 heavy (non-hydrogen) atoms. The maximum Gasteiger partial charge on any atom is 0.430 e. The van der Waals surface area contributed by atoms with Crippen molar-refractivity contribution in [2.45, 2.75) is 69.7 Å². The topological polar surface area (TPSA) is 73.7 Å². The number of pyridine rings is 1. The van der Waals surface area contributed by atoms with E-state index in [-0.39, 0.29) is 17.6 Å². The first-order chi connectivity index (χ1) is 17.5. The number of rotatable bonds is 6. The summed E-state index contributed by atoms with van der Waals surface area (Å²) in [6.45, 7) is 5.03. The first-order valence-electron chi connectivity index (χ1n) is 12.1. The van der Waals surface area contributed by atoms with Gasteiger partial charge in [-0.25, -0.2) is 8.42 Å². The molecule has 210 valence electrons. The van der Waals surface area contributed by atoms with Crippen LogP contribution in [0.15, 0.2) is 30.5 Å². The molecule has 0 aliphatic carbocycles. The highest BCUT2D eigenvalue weighted by molar-refractivity contribution is 7.88. The minimum absolute atomic E-state index is 0.0137. The molecule has 0 spiro atoms. The molecule has 0 amide bonds. The van der Waals surface area contributed by atoms with Gasteiger partial charge in [-0.3, -0.25) is 9.88 Å². The van der Waals surface area contributed by atoms with E-state index in [1.807, 2.05) is 13.0 Å². The smallest absolute Gasteiger partial charge is 0.369 e. The number of sulfonamides is 1. The molecule has 2 unspecified atom stereocenters. The van der Waals surface area contributed by atoms with Crippen molar-refractivity contribution in [1.29, 1.82) is 0 Å². The minimum Gasteiger partial charge on any atom is -0.369 e. The van der Waals surface area contributed by atoms with E-state index < -0.39 is 33.5 Å². The lowest BCUT2D eigenvalue weighted by Gasteiger charge is -2.45. The second kappa shape index (κ2) is 9.76. The predicted molar refractivity (Wildman–Crippen MR) is 129 cm³/mol. The van der Waals surface area contributed by atoms with Gasteiger partial charge in [-0.15, -0.1) is 0 Å². The lowest BCUT2D eigenvalue weighted by Crippen LogP contribution is -2.58. The van der Waals surface area contributed by atoms with Crippen LogP contribution in [0.4, 0.5) is 26.3 Å². The zero-order chi connectivity index (χ0) is 28.3. The van der Waals surface area contributed by atoms with E-state index in [1.54, 1.807) is 10.5 Å². The number of aliphatic hydroxyl groups is 1. The highest BCUT2D eigenvalue weighted by Gasteiger charge is 2.71. The summed E-state index contributed by atoms with van der Waals surface area (Å²) in [6.07, 6.45) is -7.06. The molecule has 3 saturated heterocycles. The SMILES string of the molecule is CCc1cc(CN2CCC3CC(C2)N3S(C)(=O)=O)ncc1-c1ccc(C(O)(C(F)(F)F)C(F)(F)F)cc1C. The summed E-state index contributed by atoms with van der Waals surface area (Å²) in [5, 5.41) is 9.73. The van der Waals surface area contributed by atoms with Crippen LogP contribution in [0.25, 0.3) is 11.1 Å². The van der Waals surface area contributed by atoms with Gasteiger partial charge in [-0.2, -0.15) is 30.6 Å². The van der Waals surface area contributed by atoms with Crippen LogP contribution in [0, 0.1) is 6.92 Å². The van der Waals surface area contributed by atoms with Gasteiger partial charge in [0.15, 0.2) is 0 Å². The molecule has 0 saturated carbocycles. The largest absolute Gasteiger partial charge is 0.430 e. The highest BCUT2D eigenvalue weighted by Crippen LogP contribution is 2.50. The quantitative estimate of drug-likeness (QED) is 0.521. The molecule has 3 aliphatic heterocycles. The average Bonchev–Trinajstić information content (AvgIpc) is 3.08. The number of benzene rings is 1. The van der Waals surface area contributed by atoms with Crippen molar-refractivity contribution in [3.05, 3.63) is 52.8 Å². The van der Waals surface area contributed by atoms with Gasteiger partial charge >= 0.3 is 12.4 Å². The molecule has 4 heterocycles. The van der Waals surface area contributed by atoms with Gasteiger partial charge in [0.1, 0.15) is 0 Å². The van der Waals surface area contributed by atoms with E-state index >= 15 is 0 Å². The fraction of sp³-hybridized carbons (Fsp3) is 0.560. The van der Waals surface area contributed by atoms with Gasteiger partial charge in [0.2, 0.25) is 10.0 Å². The Morgan fingerprint density at radius 2 is 1.71 bits per heavy atom. The maximum absolute atomic E-state index is 13.3. The van der Waals surface area contributed by atoms with Gasteiger partial charge in [-0.05, 0) is 48.9 Å². The number of fused-ring (bicyclic) bond motifs is 3. The van der Waals surface area contributed by atoms with E-state index in [0.717, 1.165) is 30.2 Å². The third-order valence-corrected chi connectivity index (χ3v) is 8.82. The molecule has 5 rings (SSSR count). The van der Waals surface area contributed by atoms with Gasteiger partial charge in [0.25, 0.3) is 5.60 Å². The molecule has 1 N–H and O–H groups in total. The first-order valence-corrected chi connectivity index (χ1v) is 14.0. The van der Waals surface area contributed by atoms with Gasteiger partial charge in [0, 0.05) is 49.0 Å². The molecule has 3 aliphatic rings. The van der Waals surface area contributed by atoms with Crippen LogP contribution in [0.5, 0.6) is 0 Å². The van der Waals surface area contributed by atoms with Crippen LogP contribution < -0.4 is 0 Å². The lowest BCUT2D eigenvalue weighted by atomic mass is 9.87. The molecule has 1 aromatic carbocycles. The number of halogens is 6. The summed E-state index contributed by atoms with van der Waals surface area (Å²) in [6, 6.07) is 4.29. The number of hydrogen-bond donors (Lipinski definition) is 1. The second-order valence-corrected chi connectivity index (χ2v) is 12.0. The molecule has 3 fully saturated rings. The Morgan fingerprint density at radius 1 is 1.05 bits per heavy atom. The van der Waals surface area contributed by atoms with Crippen molar-refractivity contribution in [3.8, 4) is 11.1 Å². The Hall–Kier alpha value is -2.22. The van der Waals surface area contributed by atoms with E-state index in [1.165, 1.54) is 13.2 Å². The Labute approximate surface area is 217 Å². The van der Waals surface area contributed by atoms with E-state index in [2.05, 4.69) is 9.88 Å². The summed E-state index contributed by atoms with van der Waals surface area (Å²) in [7, 11) is -3.27. The highest BCUT2D eigenvalue weighted by atomic mass is 32.2. The Balaban J connectivity index is 1.59. The average molecular weight is 566 g/mol. The normalized spacial score (nSPS) is 21.7. The van der Waals surface area contributed by atoms with Crippen LogP contribution in [0.2, 0.25) is 0 Å². The number of alkyl halides is 6. The molecule has 6 nitrogen and oxygen atoms in total. The van der Waals surface area contributed by atoms with Crippen molar-refractivity contribution in [3.63, 3.8) is 0 Å². The van der Waals surface area contributed by atoms with Crippen LogP contribution in [0.1, 0.15) is 42.1 Å². The molecular weight excluding hydrogens is 536 g/mol. The van der Waals surface area contributed by atoms with E-state index in [0.29, 0.717) is 49.3 Å². The van der Waals surface area contributed by atoms with Crippen LogP contribution in [0.3, 0.4) is 0 Å². The van der Waals surface area contributed by atoms with Crippen LogP contribution >= 0.6 is 0 Å². The third-order valence-electron chi connectivity index (χ3n) is 7.46. The number of aromatic nitrogens is 1. The second-order valence-electron chi connectivity index (χ2n) is 10.1. The van der Waals surface area contributed by atoms with Crippen LogP contribution in [-0.2, 0) is 28.6 Å². The third kappa shape index (κ3) is 5.05. The van der Waals surface area contributed by atoms with Crippen molar-refractivity contribution in [2.75, 3.05) is 19.3 Å². The molecule has 2 bridgehead atoms. The Bertz CT molecular complexity index is 1300. The maximum atomic E-state index is 13.3. The fourth-order valence-corrected chi connectivity index (χ4v) is 6.99. The zero-order valence-electron chi connectivity index (χ0n) is 21.1. The zero-order valence-corrected chi connectivity index (χ0v) is 21.9. The van der Waals surface area contributed by atoms with Crippen molar-refractivity contribution in [2.24, 2.45) is 0 Å². The van der Waals surface area contributed by atoms with Crippen molar-refractivity contribution >= 4 is 10.0 Å². The van der Waals surface area contributed by atoms with E-state index in [4.69, 9.17) is 0 Å². The Kier molecular flexibility index (Phi) is 7.39. The van der Waals surface area contributed by atoms with Crippen molar-refractivity contribution in [1.82, 2.24) is 14.2 Å². The number of nitrogens with zero attached hydrogens (tertiary/aromatic N) is 3. The summed E-state index contributed by atoms with van der Waals surface area (Å²) >= 11 is 0. The first kappa shape index (κ1) is 28.8. The standard InChI is InChI=1S/C25H29F6N3O3S/c1-4-16-10-18(13-33-8-7-19-11-20(14-33)34(19)38(3,36)37)32-12-22(16)21-6-5-17(9-15(21)2)23(35,24(26,27)28)25(29,30)31/h5-6,9-10,12,19-20,35H,4,7-8,11,13-14H2,1-3H3. The molecule has 2 aromatic rings. The molecular formula is C25H29F6N3O3S. The summed E-state index contributed by atoms with van der Waals surface area (Å²) in [5.74, 6) is 0. The molecule has 13 heteroatoms. The summed E-state index contributed by atoms with van der Waals surface area (Å²) in [5.41, 5.74) is -3.63. The van der Waals surface area contributed by atoms with Crippen molar-refractivity contribution < 1.29 is 39.9 Å². The Morgan fingerprint density at radius 3 is 2.26 bits per heavy atom. The molecule has 0 radical (unpaired) electrons. The minimum atomic E-state index is -5.96. The van der Waals surface area contributed by atoms with Gasteiger partial charge in [-0.1, -0.05) is 25.1 Å². The van der Waals surface area contributed by atoms with E-state index in [9.17, 15) is 39.9 Å². The van der Waals surface area contributed by atoms with Gasteiger partial charge < -0.3 is 5.11 Å².